The van der Waals surface area contributed by atoms with Gasteiger partial charge in [0.15, 0.2) is 0 Å². The summed E-state index contributed by atoms with van der Waals surface area (Å²) in [6, 6.07) is 5.52. The molecule has 2 N–H and O–H groups in total. The van der Waals surface area contributed by atoms with Crippen molar-refractivity contribution in [3.8, 4) is 11.5 Å². The Hall–Kier alpha value is -1.75. The summed E-state index contributed by atoms with van der Waals surface area (Å²) in [4.78, 5) is 12.2. The minimum absolute atomic E-state index is 0.0381. The predicted molar refractivity (Wildman–Crippen MR) is 79.6 cm³/mol. The van der Waals surface area contributed by atoms with E-state index >= 15 is 0 Å². The zero-order valence-corrected chi connectivity index (χ0v) is 12.6. The van der Waals surface area contributed by atoms with Gasteiger partial charge in [0, 0.05) is 30.2 Å². The molecule has 5 nitrogen and oxygen atoms in total. The van der Waals surface area contributed by atoms with E-state index in [0.29, 0.717) is 11.5 Å². The molecule has 0 bridgehead atoms. The molecule has 0 aliphatic heterocycles. The molecule has 1 amide bonds. The highest BCUT2D eigenvalue weighted by Gasteiger charge is 2.27. The molecule has 0 radical (unpaired) electrons. The average molecular weight is 293 g/mol. The first-order chi connectivity index (χ1) is 10.2. The molecule has 116 valence electrons. The van der Waals surface area contributed by atoms with Crippen LogP contribution in [0.3, 0.4) is 0 Å². The van der Waals surface area contributed by atoms with Gasteiger partial charge in [0.25, 0.3) is 0 Å². The predicted octanol–water partition coefficient (Wildman–Crippen LogP) is 1.52. The highest BCUT2D eigenvalue weighted by molar-refractivity contribution is 5.79. The molecule has 1 aliphatic rings. The van der Waals surface area contributed by atoms with Gasteiger partial charge in [-0.05, 0) is 18.9 Å². The lowest BCUT2D eigenvalue weighted by atomic mass is 10.0. The van der Waals surface area contributed by atoms with Crippen LogP contribution in [-0.2, 0) is 11.2 Å². The Morgan fingerprint density at radius 3 is 2.81 bits per heavy atom. The highest BCUT2D eigenvalue weighted by atomic mass is 16.5. The van der Waals surface area contributed by atoms with Gasteiger partial charge in [-0.3, -0.25) is 4.79 Å². The Morgan fingerprint density at radius 2 is 2.14 bits per heavy atom. The summed E-state index contributed by atoms with van der Waals surface area (Å²) in [6.07, 6.45) is 3.24. The van der Waals surface area contributed by atoms with Gasteiger partial charge in [0.1, 0.15) is 11.5 Å². The first-order valence-electron chi connectivity index (χ1n) is 7.29. The lowest BCUT2D eigenvalue weighted by Crippen LogP contribution is -2.39. The number of hydrogen-bond donors (Lipinski definition) is 2. The summed E-state index contributed by atoms with van der Waals surface area (Å²) in [5.74, 6) is 1.50. The third-order valence-electron chi connectivity index (χ3n) is 4.09. The molecule has 1 fully saturated rings. The number of carbonyl (C=O) groups is 1. The first-order valence-corrected chi connectivity index (χ1v) is 7.29. The normalized spacial score (nSPS) is 21.1. The summed E-state index contributed by atoms with van der Waals surface area (Å²) in [5, 5.41) is 12.3. The molecule has 21 heavy (non-hydrogen) atoms. The Balaban J connectivity index is 1.99. The third kappa shape index (κ3) is 3.88. The molecule has 2 rings (SSSR count). The highest BCUT2D eigenvalue weighted by Crippen LogP contribution is 2.27. The van der Waals surface area contributed by atoms with Crippen molar-refractivity contribution in [1.82, 2.24) is 5.32 Å². The summed E-state index contributed by atoms with van der Waals surface area (Å²) in [7, 11) is 3.17. The quantitative estimate of drug-likeness (QED) is 0.834. The molecule has 0 spiro atoms. The summed E-state index contributed by atoms with van der Waals surface area (Å²) >= 11 is 0. The molecule has 1 aromatic carbocycles. The number of carbonyl (C=O) groups excluding carboxylic acids is 1. The molecule has 1 saturated carbocycles. The van der Waals surface area contributed by atoms with E-state index in [1.54, 1.807) is 20.3 Å². The number of amides is 1. The molecular weight excluding hydrogens is 270 g/mol. The molecule has 2 atom stereocenters. The van der Waals surface area contributed by atoms with E-state index in [2.05, 4.69) is 5.32 Å². The van der Waals surface area contributed by atoms with E-state index in [0.717, 1.165) is 24.8 Å². The average Bonchev–Trinajstić information content (AvgIpc) is 2.94. The fourth-order valence-corrected chi connectivity index (χ4v) is 2.87. The van der Waals surface area contributed by atoms with Crippen molar-refractivity contribution >= 4 is 5.91 Å². The van der Waals surface area contributed by atoms with Crippen molar-refractivity contribution in [2.45, 2.75) is 31.7 Å². The van der Waals surface area contributed by atoms with E-state index in [4.69, 9.17) is 9.47 Å². The maximum absolute atomic E-state index is 12.2. The first kappa shape index (κ1) is 15.6. The number of methoxy groups -OCH3 is 2. The van der Waals surface area contributed by atoms with Crippen LogP contribution in [-0.4, -0.2) is 37.9 Å². The largest absolute Gasteiger partial charge is 0.497 e. The number of benzene rings is 1. The van der Waals surface area contributed by atoms with Crippen molar-refractivity contribution in [2.24, 2.45) is 5.92 Å². The van der Waals surface area contributed by atoms with Gasteiger partial charge in [-0.15, -0.1) is 0 Å². The van der Waals surface area contributed by atoms with E-state index < -0.39 is 0 Å². The Bertz CT molecular complexity index is 489. The number of ether oxygens (including phenoxy) is 2. The van der Waals surface area contributed by atoms with Crippen molar-refractivity contribution in [2.75, 3.05) is 20.8 Å². The van der Waals surface area contributed by atoms with Crippen LogP contribution < -0.4 is 14.8 Å². The van der Waals surface area contributed by atoms with E-state index in [1.807, 2.05) is 12.1 Å². The second-order valence-electron chi connectivity index (χ2n) is 5.40. The van der Waals surface area contributed by atoms with Gasteiger partial charge in [-0.25, -0.2) is 0 Å². The van der Waals surface area contributed by atoms with Crippen molar-refractivity contribution < 1.29 is 19.4 Å². The summed E-state index contributed by atoms with van der Waals surface area (Å²) < 4.78 is 10.4. The SMILES string of the molecule is COc1ccc(CC(=O)NC2CCCC2CO)c(OC)c1. The van der Waals surface area contributed by atoms with Gasteiger partial charge in [-0.1, -0.05) is 12.5 Å². The van der Waals surface area contributed by atoms with Crippen LogP contribution in [0.1, 0.15) is 24.8 Å². The number of hydrogen-bond acceptors (Lipinski definition) is 4. The lowest BCUT2D eigenvalue weighted by molar-refractivity contribution is -0.121. The molecule has 0 aromatic heterocycles. The Morgan fingerprint density at radius 1 is 1.33 bits per heavy atom. The van der Waals surface area contributed by atoms with E-state index in [-0.39, 0.29) is 30.9 Å². The number of rotatable bonds is 6. The van der Waals surface area contributed by atoms with E-state index in [9.17, 15) is 9.90 Å². The molecule has 5 heteroatoms. The topological polar surface area (TPSA) is 67.8 Å². The fourth-order valence-electron chi connectivity index (χ4n) is 2.87. The zero-order chi connectivity index (χ0) is 15.2. The van der Waals surface area contributed by atoms with Gasteiger partial charge in [0.05, 0.1) is 20.6 Å². The summed E-state index contributed by atoms with van der Waals surface area (Å²) in [5.41, 5.74) is 0.828. The second kappa shape index (κ2) is 7.31. The van der Waals surface area contributed by atoms with Crippen LogP contribution in [0.25, 0.3) is 0 Å². The third-order valence-corrected chi connectivity index (χ3v) is 4.09. The zero-order valence-electron chi connectivity index (χ0n) is 12.6. The van der Waals surface area contributed by atoms with E-state index in [1.165, 1.54) is 0 Å². The van der Waals surface area contributed by atoms with Crippen LogP contribution in [0.15, 0.2) is 18.2 Å². The smallest absolute Gasteiger partial charge is 0.224 e. The maximum Gasteiger partial charge on any atom is 0.224 e. The van der Waals surface area contributed by atoms with Crippen LogP contribution in [0.4, 0.5) is 0 Å². The minimum atomic E-state index is -0.0381. The molecular formula is C16H23NO4. The van der Waals surface area contributed by atoms with Crippen LogP contribution in [0.5, 0.6) is 11.5 Å². The number of aliphatic hydroxyl groups excluding tert-OH is 1. The van der Waals surface area contributed by atoms with Crippen molar-refractivity contribution in [1.29, 1.82) is 0 Å². The Labute approximate surface area is 125 Å². The number of aliphatic hydroxyl groups is 1. The van der Waals surface area contributed by atoms with Crippen LogP contribution >= 0.6 is 0 Å². The van der Waals surface area contributed by atoms with Crippen molar-refractivity contribution in [3.63, 3.8) is 0 Å². The standard InChI is InChI=1S/C16H23NO4/c1-20-13-7-6-11(15(9-13)21-2)8-16(19)17-14-5-3-4-12(14)10-18/h6-7,9,12,14,18H,3-5,8,10H2,1-2H3,(H,17,19). The van der Waals surface area contributed by atoms with Gasteiger partial charge >= 0.3 is 0 Å². The van der Waals surface area contributed by atoms with Gasteiger partial charge in [0.2, 0.25) is 5.91 Å². The van der Waals surface area contributed by atoms with Gasteiger partial charge < -0.3 is 19.9 Å². The second-order valence-corrected chi connectivity index (χ2v) is 5.40. The molecule has 2 unspecified atom stereocenters. The van der Waals surface area contributed by atoms with Crippen molar-refractivity contribution in [3.05, 3.63) is 23.8 Å². The Kier molecular flexibility index (Phi) is 5.44. The molecule has 1 aromatic rings. The minimum Gasteiger partial charge on any atom is -0.497 e. The fraction of sp³-hybridized carbons (Fsp3) is 0.562. The molecule has 0 saturated heterocycles. The molecule has 0 heterocycles. The van der Waals surface area contributed by atoms with Crippen LogP contribution in [0, 0.1) is 5.92 Å². The summed E-state index contributed by atoms with van der Waals surface area (Å²) in [6.45, 7) is 0.136. The lowest BCUT2D eigenvalue weighted by Gasteiger charge is -2.19. The maximum atomic E-state index is 12.2. The molecule has 1 aliphatic carbocycles. The monoisotopic (exact) mass is 293 g/mol. The van der Waals surface area contributed by atoms with Gasteiger partial charge in [-0.2, -0.15) is 0 Å². The van der Waals surface area contributed by atoms with Crippen LogP contribution in [0.2, 0.25) is 0 Å². The number of nitrogens with one attached hydrogen (secondary N) is 1.